The number of ether oxygens (including phenoxy) is 1. The van der Waals surface area contributed by atoms with Crippen LogP contribution in [0.4, 0.5) is 26.3 Å². The summed E-state index contributed by atoms with van der Waals surface area (Å²) in [5, 5.41) is 0. The lowest BCUT2D eigenvalue weighted by atomic mass is 9.62. The van der Waals surface area contributed by atoms with Crippen molar-refractivity contribution in [1.29, 1.82) is 0 Å². The van der Waals surface area contributed by atoms with Crippen molar-refractivity contribution in [3.8, 4) is 0 Å². The lowest BCUT2D eigenvalue weighted by Crippen LogP contribution is -2.54. The van der Waals surface area contributed by atoms with Crippen molar-refractivity contribution in [2.45, 2.75) is 106 Å². The second kappa shape index (κ2) is 13.9. The standard InChI is InChI=1S/C44H41F6NO2/c45-43(46,47)31-21-19-28(20-22-31)40(52)39-35-16-8-7-11-29(35)27-38-36-17-9-10-18-37(36)41(51(33-12-3-1-4-13-33)34-14-5-2-6-15-34)53-42(38,39)30-23-25-32(26-24-30)44(48,49)50/h7-11,16-27,33-34,39,41H,1-6,12-15H2/t39-,41+,42-/m0/s1. The molecule has 0 spiro atoms. The third kappa shape index (κ3) is 6.43. The lowest BCUT2D eigenvalue weighted by molar-refractivity contribution is -0.180. The number of ketones is 1. The van der Waals surface area contributed by atoms with E-state index < -0.39 is 47.0 Å². The Morgan fingerprint density at radius 1 is 0.623 bits per heavy atom. The summed E-state index contributed by atoms with van der Waals surface area (Å²) in [6.45, 7) is 0. The van der Waals surface area contributed by atoms with Crippen molar-refractivity contribution in [1.82, 2.24) is 4.90 Å². The largest absolute Gasteiger partial charge is 0.416 e. The van der Waals surface area contributed by atoms with E-state index >= 15 is 4.79 Å². The molecule has 0 radical (unpaired) electrons. The van der Waals surface area contributed by atoms with Crippen LogP contribution >= 0.6 is 0 Å². The van der Waals surface area contributed by atoms with Crippen LogP contribution in [0.15, 0.2) is 97.1 Å². The van der Waals surface area contributed by atoms with Gasteiger partial charge < -0.3 is 4.74 Å². The molecule has 0 aromatic heterocycles. The highest BCUT2D eigenvalue weighted by Crippen LogP contribution is 2.61. The number of carbonyl (C=O) groups excluding carboxylic acids is 1. The molecule has 8 rings (SSSR count). The molecule has 3 aliphatic carbocycles. The number of Topliss-reactive ketones (excluding diaryl/α,β-unsaturated/α-hetero) is 1. The molecule has 4 aromatic rings. The van der Waals surface area contributed by atoms with E-state index in [2.05, 4.69) is 11.0 Å². The summed E-state index contributed by atoms with van der Waals surface area (Å²) in [6, 6.07) is 24.8. The van der Waals surface area contributed by atoms with Gasteiger partial charge in [-0.15, -0.1) is 0 Å². The van der Waals surface area contributed by atoms with Gasteiger partial charge in [0.1, 0.15) is 11.8 Å². The predicted octanol–water partition coefficient (Wildman–Crippen LogP) is 12.1. The Hall–Kier alpha value is -4.21. The SMILES string of the molecule is O=C(c1ccc(C(F)(F)F)cc1)[C@@H]1c2ccccc2C=C2c3ccccc3[C@H](N(C3CCCCC3)C3CCCCC3)O[C@@]21c1ccc(C(F)(F)F)cc1. The van der Waals surface area contributed by atoms with Crippen LogP contribution in [0.1, 0.15) is 126 Å². The molecule has 0 saturated heterocycles. The molecule has 0 N–H and O–H groups in total. The first-order chi connectivity index (χ1) is 25.5. The summed E-state index contributed by atoms with van der Waals surface area (Å²) in [6.07, 6.45) is 2.76. The van der Waals surface area contributed by atoms with Gasteiger partial charge in [0.2, 0.25) is 0 Å². The molecule has 4 aliphatic rings. The summed E-state index contributed by atoms with van der Waals surface area (Å²) in [5.41, 5.74) is 0.865. The first-order valence-corrected chi connectivity index (χ1v) is 18.7. The maximum absolute atomic E-state index is 15.2. The molecule has 2 fully saturated rings. The third-order valence-electron chi connectivity index (χ3n) is 11.9. The summed E-state index contributed by atoms with van der Waals surface area (Å²) < 4.78 is 90.7. The van der Waals surface area contributed by atoms with E-state index in [4.69, 9.17) is 4.74 Å². The maximum Gasteiger partial charge on any atom is 0.416 e. The fourth-order valence-electron chi connectivity index (χ4n) is 9.42. The molecule has 1 heterocycles. The van der Waals surface area contributed by atoms with E-state index in [9.17, 15) is 26.3 Å². The highest BCUT2D eigenvalue weighted by molar-refractivity contribution is 6.08. The Morgan fingerprint density at radius 3 is 1.70 bits per heavy atom. The van der Waals surface area contributed by atoms with Gasteiger partial charge >= 0.3 is 12.4 Å². The van der Waals surface area contributed by atoms with Gasteiger partial charge in [0, 0.05) is 23.2 Å². The number of hydrogen-bond donors (Lipinski definition) is 0. The summed E-state index contributed by atoms with van der Waals surface area (Å²) in [7, 11) is 0. The highest BCUT2D eigenvalue weighted by Gasteiger charge is 2.58. The Kier molecular flexibility index (Phi) is 9.38. The van der Waals surface area contributed by atoms with Crippen LogP contribution in [0.25, 0.3) is 11.6 Å². The van der Waals surface area contributed by atoms with Crippen LogP contribution < -0.4 is 0 Å². The van der Waals surface area contributed by atoms with Crippen molar-refractivity contribution in [3.05, 3.63) is 142 Å². The molecule has 9 heteroatoms. The second-order valence-corrected chi connectivity index (χ2v) is 15.0. The Morgan fingerprint density at radius 2 is 1.13 bits per heavy atom. The topological polar surface area (TPSA) is 29.5 Å². The van der Waals surface area contributed by atoms with Crippen molar-refractivity contribution >= 4 is 17.4 Å². The van der Waals surface area contributed by atoms with Gasteiger partial charge in [-0.2, -0.15) is 26.3 Å². The van der Waals surface area contributed by atoms with Crippen LogP contribution in [0, 0.1) is 0 Å². The fraction of sp³-hybridized carbons (Fsp3) is 0.386. The molecule has 0 amide bonds. The number of nitrogens with zero attached hydrogens (tertiary/aromatic N) is 1. The van der Waals surface area contributed by atoms with E-state index in [0.29, 0.717) is 16.7 Å². The second-order valence-electron chi connectivity index (χ2n) is 15.0. The number of carbonyl (C=O) groups is 1. The van der Waals surface area contributed by atoms with Crippen LogP contribution in [0.2, 0.25) is 0 Å². The zero-order valence-corrected chi connectivity index (χ0v) is 29.2. The zero-order valence-electron chi connectivity index (χ0n) is 29.2. The molecule has 0 bridgehead atoms. The molecule has 0 unspecified atom stereocenters. The molecule has 53 heavy (non-hydrogen) atoms. The molecular weight excluding hydrogens is 688 g/mol. The van der Waals surface area contributed by atoms with Crippen LogP contribution in [-0.4, -0.2) is 22.8 Å². The highest BCUT2D eigenvalue weighted by atomic mass is 19.4. The predicted molar refractivity (Wildman–Crippen MR) is 192 cm³/mol. The van der Waals surface area contributed by atoms with E-state index in [1.165, 1.54) is 24.3 Å². The number of alkyl halides is 6. The van der Waals surface area contributed by atoms with Crippen LogP contribution in [0.5, 0.6) is 0 Å². The van der Waals surface area contributed by atoms with Crippen molar-refractivity contribution in [2.24, 2.45) is 0 Å². The van der Waals surface area contributed by atoms with Gasteiger partial charge in [0.25, 0.3) is 0 Å². The van der Waals surface area contributed by atoms with Gasteiger partial charge in [-0.25, -0.2) is 0 Å². The van der Waals surface area contributed by atoms with E-state index in [-0.39, 0.29) is 17.6 Å². The molecule has 276 valence electrons. The van der Waals surface area contributed by atoms with Gasteiger partial charge in [-0.1, -0.05) is 111 Å². The number of rotatable bonds is 6. The lowest BCUT2D eigenvalue weighted by Gasteiger charge is -2.55. The number of hydrogen-bond acceptors (Lipinski definition) is 3. The smallest absolute Gasteiger partial charge is 0.342 e. The van der Waals surface area contributed by atoms with Gasteiger partial charge in [-0.3, -0.25) is 9.69 Å². The van der Waals surface area contributed by atoms with Gasteiger partial charge in [0.05, 0.1) is 17.0 Å². The zero-order chi connectivity index (χ0) is 37.0. The van der Waals surface area contributed by atoms with E-state index in [1.807, 2.05) is 42.5 Å². The average molecular weight is 730 g/mol. The molecule has 3 atom stereocenters. The van der Waals surface area contributed by atoms with E-state index in [0.717, 1.165) is 105 Å². The first-order valence-electron chi connectivity index (χ1n) is 18.7. The number of fused-ring (bicyclic) bond motifs is 4. The average Bonchev–Trinajstić information content (AvgIpc) is 3.17. The quantitative estimate of drug-likeness (QED) is 0.146. The third-order valence-corrected chi connectivity index (χ3v) is 11.9. The van der Waals surface area contributed by atoms with Crippen LogP contribution in [0.3, 0.4) is 0 Å². The molecular formula is C44H41F6NO2. The number of benzene rings is 4. The fourth-order valence-corrected chi connectivity index (χ4v) is 9.42. The molecule has 1 aliphatic heterocycles. The minimum absolute atomic E-state index is 0.0563. The molecule has 2 saturated carbocycles. The normalized spacial score (nSPS) is 23.9. The minimum atomic E-state index is -4.60. The number of halogens is 6. The molecule has 3 nitrogen and oxygen atoms in total. The van der Waals surface area contributed by atoms with E-state index in [1.54, 1.807) is 6.07 Å². The summed E-state index contributed by atoms with van der Waals surface area (Å²) in [4.78, 5) is 17.7. The Labute approximate surface area is 305 Å². The van der Waals surface area contributed by atoms with Crippen molar-refractivity contribution in [3.63, 3.8) is 0 Å². The Balaban J connectivity index is 1.39. The van der Waals surface area contributed by atoms with Gasteiger partial charge in [-0.05, 0) is 83.9 Å². The minimum Gasteiger partial charge on any atom is -0.342 e. The summed E-state index contributed by atoms with van der Waals surface area (Å²) in [5.74, 6) is -1.61. The Bertz CT molecular complexity index is 1970. The maximum atomic E-state index is 15.2. The monoisotopic (exact) mass is 729 g/mol. The summed E-state index contributed by atoms with van der Waals surface area (Å²) >= 11 is 0. The van der Waals surface area contributed by atoms with Crippen molar-refractivity contribution < 1.29 is 35.9 Å². The van der Waals surface area contributed by atoms with Gasteiger partial charge in [0.15, 0.2) is 5.78 Å². The van der Waals surface area contributed by atoms with Crippen LogP contribution in [-0.2, 0) is 22.7 Å². The first kappa shape index (κ1) is 35.8. The molecule has 4 aromatic carbocycles. The van der Waals surface area contributed by atoms with Crippen molar-refractivity contribution in [2.75, 3.05) is 0 Å².